The summed E-state index contributed by atoms with van der Waals surface area (Å²) in [5.74, 6) is 0.707. The average molecular weight is 334 g/mol. The molecule has 3 nitrogen and oxygen atoms in total. The molecule has 4 heteroatoms. The predicted molar refractivity (Wildman–Crippen MR) is 83.0 cm³/mol. The smallest absolute Gasteiger partial charge is 0.252 e. The molecule has 104 valence electrons. The van der Waals surface area contributed by atoms with Crippen LogP contribution in [0.15, 0.2) is 53.0 Å². The van der Waals surface area contributed by atoms with Crippen LogP contribution in [0.25, 0.3) is 0 Å². The maximum atomic E-state index is 12.2. The first-order valence-corrected chi connectivity index (χ1v) is 7.10. The molecule has 20 heavy (non-hydrogen) atoms. The fourth-order valence-corrected chi connectivity index (χ4v) is 2.36. The van der Waals surface area contributed by atoms with Crippen molar-refractivity contribution in [2.45, 2.75) is 13.0 Å². The van der Waals surface area contributed by atoms with Gasteiger partial charge >= 0.3 is 0 Å². The minimum atomic E-state index is -0.0965. The van der Waals surface area contributed by atoms with Crippen molar-refractivity contribution in [3.8, 4) is 5.75 Å². The third-order valence-electron chi connectivity index (χ3n) is 3.08. The van der Waals surface area contributed by atoms with Crippen LogP contribution in [0.3, 0.4) is 0 Å². The number of halogens is 1. The van der Waals surface area contributed by atoms with Gasteiger partial charge in [-0.2, -0.15) is 0 Å². The Morgan fingerprint density at radius 3 is 2.40 bits per heavy atom. The molecule has 0 aliphatic heterocycles. The van der Waals surface area contributed by atoms with Gasteiger partial charge in [-0.15, -0.1) is 0 Å². The first kappa shape index (κ1) is 14.6. The summed E-state index contributed by atoms with van der Waals surface area (Å²) < 4.78 is 5.91. The lowest BCUT2D eigenvalue weighted by atomic mass is 10.1. The van der Waals surface area contributed by atoms with Crippen LogP contribution in [-0.4, -0.2) is 13.0 Å². The molecule has 0 saturated carbocycles. The Morgan fingerprint density at radius 2 is 1.80 bits per heavy atom. The van der Waals surface area contributed by atoms with Gasteiger partial charge in [-0.3, -0.25) is 4.79 Å². The van der Waals surface area contributed by atoms with Crippen molar-refractivity contribution in [1.82, 2.24) is 5.32 Å². The lowest BCUT2D eigenvalue weighted by Crippen LogP contribution is -2.26. The zero-order valence-electron chi connectivity index (χ0n) is 11.4. The molecular formula is C16H16BrNO2. The van der Waals surface area contributed by atoms with E-state index in [9.17, 15) is 4.79 Å². The topological polar surface area (TPSA) is 38.3 Å². The molecule has 1 unspecified atom stereocenters. The highest BCUT2D eigenvalue weighted by Gasteiger charge is 2.13. The van der Waals surface area contributed by atoms with Crippen LogP contribution in [0.2, 0.25) is 0 Å². The van der Waals surface area contributed by atoms with Gasteiger partial charge in [-0.25, -0.2) is 0 Å². The molecule has 1 N–H and O–H groups in total. The fraction of sp³-hybridized carbons (Fsp3) is 0.188. The molecule has 2 aromatic rings. The summed E-state index contributed by atoms with van der Waals surface area (Å²) >= 11 is 3.38. The summed E-state index contributed by atoms with van der Waals surface area (Å²) in [5, 5.41) is 2.98. The molecule has 0 fully saturated rings. The van der Waals surface area contributed by atoms with E-state index in [0.717, 1.165) is 15.8 Å². The van der Waals surface area contributed by atoms with Gasteiger partial charge in [0.1, 0.15) is 5.75 Å². The minimum Gasteiger partial charge on any atom is -0.497 e. The van der Waals surface area contributed by atoms with Crippen molar-refractivity contribution < 1.29 is 9.53 Å². The quantitative estimate of drug-likeness (QED) is 0.919. The number of hydrogen-bond donors (Lipinski definition) is 1. The van der Waals surface area contributed by atoms with E-state index >= 15 is 0 Å². The van der Waals surface area contributed by atoms with E-state index < -0.39 is 0 Å². The molecule has 0 aromatic heterocycles. The Balaban J connectivity index is 2.09. The van der Waals surface area contributed by atoms with Crippen LogP contribution in [-0.2, 0) is 0 Å². The van der Waals surface area contributed by atoms with Gasteiger partial charge in [0.2, 0.25) is 0 Å². The van der Waals surface area contributed by atoms with Crippen molar-refractivity contribution >= 4 is 21.8 Å². The average Bonchev–Trinajstić information content (AvgIpc) is 2.47. The van der Waals surface area contributed by atoms with E-state index in [1.165, 1.54) is 0 Å². The number of amides is 1. The van der Waals surface area contributed by atoms with Crippen molar-refractivity contribution in [2.75, 3.05) is 7.11 Å². The van der Waals surface area contributed by atoms with Crippen LogP contribution < -0.4 is 10.1 Å². The zero-order chi connectivity index (χ0) is 14.5. The molecule has 2 rings (SSSR count). The molecule has 0 heterocycles. The van der Waals surface area contributed by atoms with Gasteiger partial charge in [0.15, 0.2) is 0 Å². The molecule has 0 radical (unpaired) electrons. The highest BCUT2D eigenvalue weighted by molar-refractivity contribution is 9.10. The van der Waals surface area contributed by atoms with Gasteiger partial charge < -0.3 is 10.1 Å². The van der Waals surface area contributed by atoms with Crippen LogP contribution in [0, 0.1) is 0 Å². The van der Waals surface area contributed by atoms with Crippen LogP contribution in [0.1, 0.15) is 28.9 Å². The molecule has 0 bridgehead atoms. The molecule has 1 amide bonds. The molecular weight excluding hydrogens is 318 g/mol. The predicted octanol–water partition coefficient (Wildman–Crippen LogP) is 3.95. The van der Waals surface area contributed by atoms with E-state index in [4.69, 9.17) is 4.74 Å². The van der Waals surface area contributed by atoms with Crippen molar-refractivity contribution in [1.29, 1.82) is 0 Å². The lowest BCUT2D eigenvalue weighted by molar-refractivity contribution is 0.0939. The Kier molecular flexibility index (Phi) is 4.79. The highest BCUT2D eigenvalue weighted by atomic mass is 79.9. The molecule has 0 saturated heterocycles. The Labute approximate surface area is 127 Å². The third-order valence-corrected chi connectivity index (χ3v) is 3.77. The number of carbonyl (C=O) groups excluding carboxylic acids is 1. The van der Waals surface area contributed by atoms with Gasteiger partial charge in [-0.1, -0.05) is 24.3 Å². The summed E-state index contributed by atoms with van der Waals surface area (Å²) in [7, 11) is 1.63. The maximum Gasteiger partial charge on any atom is 0.252 e. The highest BCUT2D eigenvalue weighted by Crippen LogP contribution is 2.20. The lowest BCUT2D eigenvalue weighted by Gasteiger charge is -2.15. The number of carbonyl (C=O) groups is 1. The molecule has 0 aliphatic carbocycles. The summed E-state index contributed by atoms with van der Waals surface area (Å²) in [4.78, 5) is 12.2. The SMILES string of the molecule is COc1ccc(C(C)NC(=O)c2ccccc2Br)cc1. The van der Waals surface area contributed by atoms with E-state index in [2.05, 4.69) is 21.2 Å². The summed E-state index contributed by atoms with van der Waals surface area (Å²) in [5.41, 5.74) is 1.67. The monoisotopic (exact) mass is 333 g/mol. The summed E-state index contributed by atoms with van der Waals surface area (Å²) in [6.45, 7) is 1.95. The molecule has 2 aromatic carbocycles. The van der Waals surface area contributed by atoms with Crippen LogP contribution in [0.4, 0.5) is 0 Å². The Bertz CT molecular complexity index is 596. The van der Waals surface area contributed by atoms with Crippen LogP contribution in [0.5, 0.6) is 5.75 Å². The number of methoxy groups -OCH3 is 1. The number of benzene rings is 2. The molecule has 0 aliphatic rings. The molecule has 1 atom stereocenters. The van der Waals surface area contributed by atoms with Gasteiger partial charge in [-0.05, 0) is 52.7 Å². The van der Waals surface area contributed by atoms with Gasteiger partial charge in [0.25, 0.3) is 5.91 Å². The Hall–Kier alpha value is -1.81. The number of ether oxygens (including phenoxy) is 1. The second kappa shape index (κ2) is 6.57. The Morgan fingerprint density at radius 1 is 1.15 bits per heavy atom. The maximum absolute atomic E-state index is 12.2. The summed E-state index contributed by atoms with van der Waals surface area (Å²) in [6, 6.07) is 15.0. The summed E-state index contributed by atoms with van der Waals surface area (Å²) in [6.07, 6.45) is 0. The second-order valence-electron chi connectivity index (χ2n) is 4.45. The number of rotatable bonds is 4. The largest absolute Gasteiger partial charge is 0.497 e. The van der Waals surface area contributed by atoms with E-state index in [1.54, 1.807) is 13.2 Å². The van der Waals surface area contributed by atoms with Crippen molar-refractivity contribution in [2.24, 2.45) is 0 Å². The van der Waals surface area contributed by atoms with Crippen molar-refractivity contribution in [3.05, 3.63) is 64.1 Å². The zero-order valence-corrected chi connectivity index (χ0v) is 13.0. The number of nitrogens with one attached hydrogen (secondary N) is 1. The van der Waals surface area contributed by atoms with Gasteiger partial charge in [0, 0.05) is 4.47 Å². The normalized spacial score (nSPS) is 11.8. The minimum absolute atomic E-state index is 0.0690. The third kappa shape index (κ3) is 3.39. The number of hydrogen-bond acceptors (Lipinski definition) is 2. The fourth-order valence-electron chi connectivity index (χ4n) is 1.90. The second-order valence-corrected chi connectivity index (χ2v) is 5.30. The molecule has 0 spiro atoms. The van der Waals surface area contributed by atoms with Crippen molar-refractivity contribution in [3.63, 3.8) is 0 Å². The van der Waals surface area contributed by atoms with Gasteiger partial charge in [0.05, 0.1) is 18.7 Å². The van der Waals surface area contributed by atoms with E-state index in [-0.39, 0.29) is 11.9 Å². The standard InChI is InChI=1S/C16H16BrNO2/c1-11(12-7-9-13(20-2)10-8-12)18-16(19)14-5-3-4-6-15(14)17/h3-11H,1-2H3,(H,18,19). The van der Waals surface area contributed by atoms with Crippen LogP contribution >= 0.6 is 15.9 Å². The van der Waals surface area contributed by atoms with E-state index in [0.29, 0.717) is 5.56 Å². The first-order valence-electron chi connectivity index (χ1n) is 6.31. The van der Waals surface area contributed by atoms with E-state index in [1.807, 2.05) is 49.4 Å². The first-order chi connectivity index (χ1) is 9.61.